The Bertz CT molecular complexity index is 819. The molecule has 0 radical (unpaired) electrons. The largest absolute Gasteiger partial charge is 0.544 e. The second-order valence-electron chi connectivity index (χ2n) is 8.01. The van der Waals surface area contributed by atoms with Crippen LogP contribution in [0.5, 0.6) is 23.0 Å². The third-order valence-electron chi connectivity index (χ3n) is 3.81. The van der Waals surface area contributed by atoms with E-state index in [0.29, 0.717) is 0 Å². The molecule has 150 valence electrons. The molecule has 0 saturated heterocycles. The molecular weight excluding hydrogens is 364 g/mol. The van der Waals surface area contributed by atoms with Gasteiger partial charge in [-0.15, -0.1) is 13.2 Å². The van der Waals surface area contributed by atoms with Crippen molar-refractivity contribution < 1.29 is 13.9 Å². The van der Waals surface area contributed by atoms with Gasteiger partial charge in [0, 0.05) is 11.1 Å². The summed E-state index contributed by atoms with van der Waals surface area (Å²) in [5, 5.41) is 0. The summed E-state index contributed by atoms with van der Waals surface area (Å²) in [6, 6.07) is 11.9. The van der Waals surface area contributed by atoms with Crippen molar-refractivity contribution in [2.45, 2.75) is 52.4 Å². The standard InChI is InChI=1S/C24H32O3Si/c1-8-10-19-16-21(12-14-23(19)25-18(3)4)26-22-13-15-24(27-28(5,6)7)20(17-22)11-9-2/h8-9,12-18H,1-2,10-11H2,3-7H3. The van der Waals surface area contributed by atoms with Crippen LogP contribution in [0.4, 0.5) is 0 Å². The van der Waals surface area contributed by atoms with Gasteiger partial charge in [-0.25, -0.2) is 0 Å². The Morgan fingerprint density at radius 3 is 1.82 bits per heavy atom. The smallest absolute Gasteiger partial charge is 0.242 e. The first kappa shape index (κ1) is 21.8. The van der Waals surface area contributed by atoms with Gasteiger partial charge < -0.3 is 13.9 Å². The van der Waals surface area contributed by atoms with Crippen LogP contribution in [-0.4, -0.2) is 14.4 Å². The van der Waals surface area contributed by atoms with Gasteiger partial charge in [0.25, 0.3) is 0 Å². The Balaban J connectivity index is 2.28. The van der Waals surface area contributed by atoms with E-state index < -0.39 is 8.32 Å². The molecule has 0 spiro atoms. The van der Waals surface area contributed by atoms with E-state index in [1.54, 1.807) is 0 Å². The summed E-state index contributed by atoms with van der Waals surface area (Å²) in [4.78, 5) is 0. The molecular formula is C24H32O3Si. The first-order valence-corrected chi connectivity index (χ1v) is 13.1. The van der Waals surface area contributed by atoms with Gasteiger partial charge in [-0.05, 0) is 82.7 Å². The van der Waals surface area contributed by atoms with Crippen LogP contribution in [0.2, 0.25) is 19.6 Å². The van der Waals surface area contributed by atoms with Crippen molar-refractivity contribution in [2.24, 2.45) is 0 Å². The first-order valence-electron chi connectivity index (χ1n) is 9.73. The molecule has 0 aliphatic carbocycles. The summed E-state index contributed by atoms with van der Waals surface area (Å²) in [5.74, 6) is 3.34. The summed E-state index contributed by atoms with van der Waals surface area (Å²) in [7, 11) is -1.68. The lowest BCUT2D eigenvalue weighted by Gasteiger charge is -2.22. The molecule has 0 bridgehead atoms. The number of ether oxygens (including phenoxy) is 2. The molecule has 0 fully saturated rings. The highest BCUT2D eigenvalue weighted by molar-refractivity contribution is 6.70. The molecule has 28 heavy (non-hydrogen) atoms. The van der Waals surface area contributed by atoms with Gasteiger partial charge in [0.1, 0.15) is 23.0 Å². The second kappa shape index (κ2) is 9.65. The van der Waals surface area contributed by atoms with E-state index >= 15 is 0 Å². The summed E-state index contributed by atoms with van der Waals surface area (Å²) in [5.41, 5.74) is 2.15. The van der Waals surface area contributed by atoms with Crippen molar-refractivity contribution in [1.82, 2.24) is 0 Å². The zero-order chi connectivity index (χ0) is 20.7. The van der Waals surface area contributed by atoms with Gasteiger partial charge in [-0.3, -0.25) is 0 Å². The number of rotatable bonds is 10. The maximum Gasteiger partial charge on any atom is 0.242 e. The zero-order valence-electron chi connectivity index (χ0n) is 17.7. The topological polar surface area (TPSA) is 27.7 Å². The lowest BCUT2D eigenvalue weighted by Crippen LogP contribution is -2.29. The average molecular weight is 397 g/mol. The first-order chi connectivity index (χ1) is 13.2. The third kappa shape index (κ3) is 6.61. The Morgan fingerprint density at radius 2 is 1.36 bits per heavy atom. The van der Waals surface area contributed by atoms with Crippen LogP contribution in [0.15, 0.2) is 61.7 Å². The highest BCUT2D eigenvalue weighted by Gasteiger charge is 2.18. The fraction of sp³-hybridized carbons (Fsp3) is 0.333. The van der Waals surface area contributed by atoms with Gasteiger partial charge >= 0.3 is 0 Å². The van der Waals surface area contributed by atoms with E-state index in [0.717, 1.165) is 47.0 Å². The summed E-state index contributed by atoms with van der Waals surface area (Å²) >= 11 is 0. The second-order valence-corrected chi connectivity index (χ2v) is 12.4. The molecule has 2 rings (SSSR count). The number of benzene rings is 2. The number of hydrogen-bond acceptors (Lipinski definition) is 3. The summed E-state index contributed by atoms with van der Waals surface area (Å²) in [6.45, 7) is 18.3. The van der Waals surface area contributed by atoms with Crippen LogP contribution in [0, 0.1) is 0 Å². The van der Waals surface area contributed by atoms with Crippen LogP contribution < -0.4 is 13.9 Å². The summed E-state index contributed by atoms with van der Waals surface area (Å²) in [6.07, 6.45) is 5.34. The molecule has 0 atom stereocenters. The van der Waals surface area contributed by atoms with E-state index in [2.05, 4.69) is 32.8 Å². The van der Waals surface area contributed by atoms with Crippen molar-refractivity contribution in [3.05, 3.63) is 72.8 Å². The minimum absolute atomic E-state index is 0.121. The molecule has 2 aromatic rings. The highest BCUT2D eigenvalue weighted by Crippen LogP contribution is 2.32. The maximum absolute atomic E-state index is 6.20. The van der Waals surface area contributed by atoms with Crippen molar-refractivity contribution in [1.29, 1.82) is 0 Å². The van der Waals surface area contributed by atoms with Gasteiger partial charge in [0.2, 0.25) is 8.32 Å². The van der Waals surface area contributed by atoms with Crippen LogP contribution >= 0.6 is 0 Å². The monoisotopic (exact) mass is 396 g/mol. The molecule has 0 aromatic heterocycles. The Kier molecular flexibility index (Phi) is 7.52. The van der Waals surface area contributed by atoms with E-state index in [4.69, 9.17) is 13.9 Å². The molecule has 4 heteroatoms. The minimum Gasteiger partial charge on any atom is -0.544 e. The summed E-state index contributed by atoms with van der Waals surface area (Å²) < 4.78 is 18.2. The van der Waals surface area contributed by atoms with E-state index in [1.807, 2.05) is 62.4 Å². The van der Waals surface area contributed by atoms with Crippen molar-refractivity contribution in [3.63, 3.8) is 0 Å². The maximum atomic E-state index is 6.20. The van der Waals surface area contributed by atoms with Crippen LogP contribution in [0.25, 0.3) is 0 Å². The molecule has 0 unspecified atom stereocenters. The third-order valence-corrected chi connectivity index (χ3v) is 4.64. The molecule has 0 amide bonds. The Hall–Kier alpha value is -2.46. The van der Waals surface area contributed by atoms with Gasteiger partial charge in [0.05, 0.1) is 6.10 Å². The Labute approximate surface area is 170 Å². The highest BCUT2D eigenvalue weighted by atomic mass is 28.4. The fourth-order valence-corrected chi connectivity index (χ4v) is 3.66. The lowest BCUT2D eigenvalue weighted by molar-refractivity contribution is 0.240. The number of allylic oxidation sites excluding steroid dienone is 2. The Morgan fingerprint density at radius 1 is 0.857 bits per heavy atom. The minimum atomic E-state index is -1.68. The molecule has 0 heterocycles. The van der Waals surface area contributed by atoms with E-state index in [-0.39, 0.29) is 6.10 Å². The van der Waals surface area contributed by atoms with Gasteiger partial charge in [0.15, 0.2) is 0 Å². The average Bonchev–Trinajstić information content (AvgIpc) is 2.58. The normalized spacial score (nSPS) is 11.2. The van der Waals surface area contributed by atoms with Crippen molar-refractivity contribution >= 4 is 8.32 Å². The van der Waals surface area contributed by atoms with Gasteiger partial charge in [-0.1, -0.05) is 12.2 Å². The quantitative estimate of drug-likeness (QED) is 0.322. The molecule has 0 aliphatic rings. The fourth-order valence-electron chi connectivity index (χ4n) is 2.80. The molecule has 0 N–H and O–H groups in total. The van der Waals surface area contributed by atoms with E-state index in [9.17, 15) is 0 Å². The van der Waals surface area contributed by atoms with E-state index in [1.165, 1.54) is 0 Å². The van der Waals surface area contributed by atoms with Crippen LogP contribution in [0.1, 0.15) is 25.0 Å². The SMILES string of the molecule is C=CCc1cc(Oc2ccc(O[Si](C)(C)C)c(CC=C)c2)ccc1OC(C)C. The molecule has 3 nitrogen and oxygen atoms in total. The van der Waals surface area contributed by atoms with Crippen molar-refractivity contribution in [3.8, 4) is 23.0 Å². The zero-order valence-corrected chi connectivity index (χ0v) is 18.7. The van der Waals surface area contributed by atoms with Crippen LogP contribution in [-0.2, 0) is 12.8 Å². The molecule has 0 saturated carbocycles. The van der Waals surface area contributed by atoms with Gasteiger partial charge in [-0.2, -0.15) is 0 Å². The van der Waals surface area contributed by atoms with Crippen LogP contribution in [0.3, 0.4) is 0 Å². The lowest BCUT2D eigenvalue weighted by atomic mass is 10.1. The molecule has 2 aromatic carbocycles. The van der Waals surface area contributed by atoms with Crippen molar-refractivity contribution in [2.75, 3.05) is 0 Å². The predicted octanol–water partition coefficient (Wildman–Crippen LogP) is 6.94. The molecule has 0 aliphatic heterocycles. The number of hydrogen-bond donors (Lipinski definition) is 0. The predicted molar refractivity (Wildman–Crippen MR) is 120 cm³/mol.